The zero-order valence-electron chi connectivity index (χ0n) is 18.9. The van der Waals surface area contributed by atoms with Gasteiger partial charge in [0.25, 0.3) is 0 Å². The van der Waals surface area contributed by atoms with E-state index in [1.165, 1.54) is 0 Å². The lowest BCUT2D eigenvalue weighted by atomic mass is 9.92. The molecule has 2 amide bonds. The van der Waals surface area contributed by atoms with E-state index in [0.29, 0.717) is 29.5 Å². The van der Waals surface area contributed by atoms with E-state index in [-0.39, 0.29) is 10.4 Å². The van der Waals surface area contributed by atoms with Crippen LogP contribution in [0, 0.1) is 0 Å². The number of benzene rings is 2. The highest BCUT2D eigenvalue weighted by Crippen LogP contribution is 2.31. The van der Waals surface area contributed by atoms with Crippen molar-refractivity contribution in [2.45, 2.75) is 45.2 Å². The van der Waals surface area contributed by atoms with Crippen LogP contribution in [0.15, 0.2) is 42.5 Å². The second-order valence-electron chi connectivity index (χ2n) is 9.19. The number of fused-ring (bicyclic) bond motifs is 1. The van der Waals surface area contributed by atoms with Gasteiger partial charge >= 0.3 is 12.0 Å². The largest absolute Gasteiger partial charge is 0.480 e. The van der Waals surface area contributed by atoms with E-state index in [2.05, 4.69) is 16.0 Å². The van der Waals surface area contributed by atoms with Gasteiger partial charge in [0.15, 0.2) is 0 Å². The fourth-order valence-electron chi connectivity index (χ4n) is 3.71. The van der Waals surface area contributed by atoms with Gasteiger partial charge in [-0.1, -0.05) is 56.1 Å². The molecule has 1 aromatic heterocycles. The average Bonchev–Trinajstić information content (AvgIpc) is 3.20. The third-order valence-corrected chi connectivity index (χ3v) is 6.43. The van der Waals surface area contributed by atoms with Crippen molar-refractivity contribution < 1.29 is 14.7 Å². The second-order valence-corrected chi connectivity index (χ2v) is 9.97. The Balaban J connectivity index is 1.66. The summed E-state index contributed by atoms with van der Waals surface area (Å²) < 4.78 is 1.65. The molecule has 1 unspecified atom stereocenters. The number of urea groups is 1. The molecule has 0 saturated carbocycles. The molecule has 0 bridgehead atoms. The maximum atomic E-state index is 12.8. The molecule has 4 N–H and O–H groups in total. The maximum absolute atomic E-state index is 12.8. The summed E-state index contributed by atoms with van der Waals surface area (Å²) in [5.74, 6) is -0.423. The highest BCUT2D eigenvalue weighted by molar-refractivity contribution is 6.44. The molecule has 2 heterocycles. The van der Waals surface area contributed by atoms with E-state index in [0.717, 1.165) is 22.5 Å². The number of halogens is 2. The summed E-state index contributed by atoms with van der Waals surface area (Å²) in [6, 6.07) is 11.4. The van der Waals surface area contributed by atoms with Crippen LogP contribution in [0.3, 0.4) is 0 Å². The van der Waals surface area contributed by atoms with Crippen molar-refractivity contribution >= 4 is 46.7 Å². The van der Waals surface area contributed by atoms with E-state index in [1.807, 2.05) is 45.0 Å². The molecule has 4 rings (SSSR count). The quantitative estimate of drug-likeness (QED) is 0.391. The number of aliphatic carboxylic acids is 1. The van der Waals surface area contributed by atoms with Crippen molar-refractivity contribution in [3.8, 4) is 5.69 Å². The summed E-state index contributed by atoms with van der Waals surface area (Å²) in [6.07, 6.45) is 0.364. The molecule has 0 aliphatic carbocycles. The third kappa shape index (κ3) is 5.04. The van der Waals surface area contributed by atoms with Crippen LogP contribution in [0.5, 0.6) is 0 Å². The maximum Gasteiger partial charge on any atom is 0.324 e. The first-order chi connectivity index (χ1) is 16.0. The minimum absolute atomic E-state index is 0.250. The average molecular weight is 502 g/mol. The van der Waals surface area contributed by atoms with Gasteiger partial charge < -0.3 is 15.7 Å². The Morgan fingerprint density at radius 1 is 1.12 bits per heavy atom. The number of rotatable bonds is 4. The zero-order valence-corrected chi connectivity index (χ0v) is 20.5. The summed E-state index contributed by atoms with van der Waals surface area (Å²) in [7, 11) is 0. The van der Waals surface area contributed by atoms with Gasteiger partial charge in [-0.3, -0.25) is 10.1 Å². The van der Waals surface area contributed by atoms with Crippen molar-refractivity contribution in [2.24, 2.45) is 0 Å². The normalized spacial score (nSPS) is 15.5. The van der Waals surface area contributed by atoms with E-state index >= 15 is 0 Å². The van der Waals surface area contributed by atoms with E-state index < -0.39 is 18.0 Å². The molecular weight excluding hydrogens is 477 g/mol. The summed E-state index contributed by atoms with van der Waals surface area (Å²) in [4.78, 5) is 24.3. The van der Waals surface area contributed by atoms with E-state index in [4.69, 9.17) is 28.3 Å². The fraction of sp³-hybridized carbons (Fsp3) is 0.292. The number of amides is 2. The van der Waals surface area contributed by atoms with E-state index in [1.54, 1.807) is 22.9 Å². The van der Waals surface area contributed by atoms with Crippen LogP contribution in [0.2, 0.25) is 10.0 Å². The van der Waals surface area contributed by atoms with Crippen LogP contribution in [-0.4, -0.2) is 32.9 Å². The van der Waals surface area contributed by atoms with Gasteiger partial charge in [0, 0.05) is 18.0 Å². The molecule has 0 spiro atoms. The van der Waals surface area contributed by atoms with Gasteiger partial charge in [-0.25, -0.2) is 9.48 Å². The predicted octanol–water partition coefficient (Wildman–Crippen LogP) is 5.22. The molecule has 2 aromatic carbocycles. The summed E-state index contributed by atoms with van der Waals surface area (Å²) in [5.41, 5.74) is 3.59. The number of carbonyl (C=O) groups is 2. The van der Waals surface area contributed by atoms with Crippen LogP contribution in [0.25, 0.3) is 5.69 Å². The minimum Gasteiger partial charge on any atom is -0.480 e. The molecule has 0 radical (unpaired) electrons. The molecule has 34 heavy (non-hydrogen) atoms. The summed E-state index contributed by atoms with van der Waals surface area (Å²) in [5, 5.41) is 23.3. The van der Waals surface area contributed by atoms with Crippen LogP contribution >= 0.6 is 23.2 Å². The number of nitrogens with zero attached hydrogens (tertiary/aromatic N) is 2. The molecule has 8 nitrogen and oxygen atoms in total. The predicted molar refractivity (Wildman–Crippen MR) is 133 cm³/mol. The number of carboxylic acid groups (broad SMARTS) is 1. The molecule has 1 aliphatic rings. The van der Waals surface area contributed by atoms with Crippen molar-refractivity contribution in [3.05, 3.63) is 69.3 Å². The number of carboxylic acids is 1. The molecule has 3 aromatic rings. The highest BCUT2D eigenvalue weighted by atomic mass is 35.5. The molecule has 0 fully saturated rings. The Kier molecular flexibility index (Phi) is 6.58. The Morgan fingerprint density at radius 2 is 1.88 bits per heavy atom. The lowest BCUT2D eigenvalue weighted by Gasteiger charge is -2.24. The topological polar surface area (TPSA) is 108 Å². The van der Waals surface area contributed by atoms with Gasteiger partial charge in [-0.05, 0) is 41.8 Å². The summed E-state index contributed by atoms with van der Waals surface area (Å²) >= 11 is 12.2. The second kappa shape index (κ2) is 9.29. The Morgan fingerprint density at radius 3 is 2.59 bits per heavy atom. The van der Waals surface area contributed by atoms with Crippen LogP contribution < -0.4 is 16.0 Å². The van der Waals surface area contributed by atoms with Gasteiger partial charge in [0.2, 0.25) is 0 Å². The molecule has 1 atom stereocenters. The first-order valence-electron chi connectivity index (χ1n) is 10.7. The van der Waals surface area contributed by atoms with Gasteiger partial charge in [-0.2, -0.15) is 5.10 Å². The minimum atomic E-state index is -0.885. The van der Waals surface area contributed by atoms with Crippen molar-refractivity contribution in [3.63, 3.8) is 0 Å². The Labute approximate surface area is 207 Å². The summed E-state index contributed by atoms with van der Waals surface area (Å²) in [6.45, 7) is 6.58. The number of hydrogen-bond acceptors (Lipinski definition) is 4. The van der Waals surface area contributed by atoms with Gasteiger partial charge in [0.05, 0.1) is 27.1 Å². The number of hydrogen-bond donors (Lipinski definition) is 4. The third-order valence-electron chi connectivity index (χ3n) is 5.61. The Hall–Kier alpha value is -3.07. The monoisotopic (exact) mass is 501 g/mol. The highest BCUT2D eigenvalue weighted by Gasteiger charge is 2.25. The van der Waals surface area contributed by atoms with Crippen LogP contribution in [0.4, 0.5) is 16.3 Å². The van der Waals surface area contributed by atoms with Gasteiger partial charge in [-0.15, -0.1) is 0 Å². The SMILES string of the molecule is CC(C)(C)c1cc(NC(=O)Nc2cccc(Cl)c2Cl)n(-c2ccc3c(c2)CC(C(=O)O)NC3)n1. The van der Waals surface area contributed by atoms with E-state index in [9.17, 15) is 14.7 Å². The number of carbonyl (C=O) groups excluding carboxylic acids is 1. The number of nitrogens with one attached hydrogen (secondary N) is 3. The molecular formula is C24H25Cl2N5O3. The zero-order chi connectivity index (χ0) is 24.6. The number of aromatic nitrogens is 2. The lowest BCUT2D eigenvalue weighted by Crippen LogP contribution is -2.41. The molecule has 1 aliphatic heterocycles. The molecule has 0 saturated heterocycles. The van der Waals surface area contributed by atoms with Crippen molar-refractivity contribution in [1.29, 1.82) is 0 Å². The lowest BCUT2D eigenvalue weighted by molar-refractivity contribution is -0.139. The molecule has 10 heteroatoms. The smallest absolute Gasteiger partial charge is 0.324 e. The first kappa shape index (κ1) is 24.1. The number of anilines is 2. The van der Waals surface area contributed by atoms with Crippen LogP contribution in [0.1, 0.15) is 37.6 Å². The fourth-order valence-corrected chi connectivity index (χ4v) is 4.06. The first-order valence-corrected chi connectivity index (χ1v) is 11.5. The van der Waals surface area contributed by atoms with Crippen molar-refractivity contribution in [2.75, 3.05) is 10.6 Å². The standard InChI is InChI=1S/C24H25Cl2N5O3/c1-24(2,3)19-11-20(29-23(34)28-17-6-4-5-16(25)21(17)26)31(30-19)15-8-7-13-12-27-18(22(32)33)10-14(13)9-15/h4-9,11,18,27H,10,12H2,1-3H3,(H,32,33)(H2,28,29,34). The van der Waals surface area contributed by atoms with Crippen LogP contribution in [-0.2, 0) is 23.2 Å². The van der Waals surface area contributed by atoms with Crippen molar-refractivity contribution in [1.82, 2.24) is 15.1 Å². The molecule has 178 valence electrons. The Bertz CT molecular complexity index is 1270. The van der Waals surface area contributed by atoms with Gasteiger partial charge in [0.1, 0.15) is 11.9 Å².